The SMILES string of the molecule is NC1(S)N=CN=N1. The molecule has 0 fully saturated rings. The van der Waals surface area contributed by atoms with E-state index >= 15 is 0 Å². The molecule has 2 N–H and O–H groups in total. The van der Waals surface area contributed by atoms with Crippen LogP contribution in [0.3, 0.4) is 0 Å². The molecule has 1 rings (SSSR count). The topological polar surface area (TPSA) is 63.1 Å². The Morgan fingerprint density at radius 2 is 2.43 bits per heavy atom. The Kier molecular flexibility index (Phi) is 0.862. The standard InChI is InChI=1S/C2H4N4S/c3-2(7)4-1-5-6-2/h1,7H,3H2. The van der Waals surface area contributed by atoms with Gasteiger partial charge in [-0.05, 0) is 0 Å². The van der Waals surface area contributed by atoms with Gasteiger partial charge in [-0.2, -0.15) is 0 Å². The van der Waals surface area contributed by atoms with Gasteiger partial charge < -0.3 is 0 Å². The lowest BCUT2D eigenvalue weighted by molar-refractivity contribution is 0.687. The Balaban J connectivity index is 2.77. The van der Waals surface area contributed by atoms with Crippen LogP contribution in [0.4, 0.5) is 0 Å². The third-order valence-corrected chi connectivity index (χ3v) is 0.709. The lowest BCUT2D eigenvalue weighted by Gasteiger charge is -2.02. The van der Waals surface area contributed by atoms with Gasteiger partial charge in [-0.15, -0.1) is 22.9 Å². The van der Waals surface area contributed by atoms with E-state index in [0.29, 0.717) is 0 Å². The highest BCUT2D eigenvalue weighted by Gasteiger charge is 2.17. The first-order chi connectivity index (χ1) is 3.21. The maximum Gasteiger partial charge on any atom is 0.269 e. The molecule has 0 spiro atoms. The number of hydrogen-bond donors (Lipinski definition) is 2. The zero-order valence-electron chi connectivity index (χ0n) is 3.44. The molecule has 1 unspecified atom stereocenters. The van der Waals surface area contributed by atoms with Crippen molar-refractivity contribution in [2.24, 2.45) is 21.0 Å². The van der Waals surface area contributed by atoms with Gasteiger partial charge in [0.15, 0.2) is 0 Å². The molecule has 4 nitrogen and oxygen atoms in total. The van der Waals surface area contributed by atoms with Crippen molar-refractivity contribution in [2.45, 2.75) is 5.12 Å². The Morgan fingerprint density at radius 3 is 2.57 bits per heavy atom. The summed E-state index contributed by atoms with van der Waals surface area (Å²) >= 11 is 3.77. The summed E-state index contributed by atoms with van der Waals surface area (Å²) in [6.07, 6.45) is 1.27. The smallest absolute Gasteiger partial charge is 0.269 e. The average Bonchev–Trinajstić information content (AvgIpc) is 1.84. The molecule has 0 aromatic rings. The maximum atomic E-state index is 5.18. The van der Waals surface area contributed by atoms with Crippen molar-refractivity contribution in [3.8, 4) is 0 Å². The number of hydrogen-bond acceptors (Lipinski definition) is 5. The summed E-state index contributed by atoms with van der Waals surface area (Å²) in [4.78, 5) is 3.55. The van der Waals surface area contributed by atoms with Crippen molar-refractivity contribution in [2.75, 3.05) is 0 Å². The molecule has 5 heteroatoms. The van der Waals surface area contributed by atoms with Crippen LogP contribution < -0.4 is 5.73 Å². The van der Waals surface area contributed by atoms with Gasteiger partial charge in [0.05, 0.1) is 0 Å². The molecule has 1 aliphatic rings. The normalized spacial score (nSPS) is 37.4. The zero-order chi connectivity index (χ0) is 5.33. The summed E-state index contributed by atoms with van der Waals surface area (Å²) in [5.74, 6) is 0. The average molecular weight is 116 g/mol. The van der Waals surface area contributed by atoms with E-state index in [1.165, 1.54) is 6.34 Å². The summed E-state index contributed by atoms with van der Waals surface area (Å²) in [6.45, 7) is 0. The molecule has 0 aromatic heterocycles. The second-order valence-corrected chi connectivity index (χ2v) is 1.81. The number of thiol groups is 1. The van der Waals surface area contributed by atoms with Crippen LogP contribution in [0.2, 0.25) is 0 Å². The fourth-order valence-corrected chi connectivity index (χ4v) is 0.351. The Morgan fingerprint density at radius 1 is 1.71 bits per heavy atom. The molecule has 0 aromatic carbocycles. The summed E-state index contributed by atoms with van der Waals surface area (Å²) < 4.78 is 0. The first-order valence-electron chi connectivity index (χ1n) is 1.68. The van der Waals surface area contributed by atoms with Crippen molar-refractivity contribution in [3.63, 3.8) is 0 Å². The van der Waals surface area contributed by atoms with Gasteiger partial charge in [0.25, 0.3) is 5.12 Å². The zero-order valence-corrected chi connectivity index (χ0v) is 4.34. The van der Waals surface area contributed by atoms with E-state index in [0.717, 1.165) is 0 Å². The Labute approximate surface area is 45.9 Å². The van der Waals surface area contributed by atoms with Gasteiger partial charge in [-0.3, -0.25) is 5.73 Å². The fraction of sp³-hybridized carbons (Fsp3) is 0.500. The molecule has 38 valence electrons. The monoisotopic (exact) mass is 116 g/mol. The lowest BCUT2D eigenvalue weighted by Crippen LogP contribution is -2.24. The van der Waals surface area contributed by atoms with Gasteiger partial charge in [0.1, 0.15) is 6.34 Å². The predicted octanol–water partition coefficient (Wildman–Crippen LogP) is -0.0197. The molecule has 0 amide bonds. The van der Waals surface area contributed by atoms with Crippen LogP contribution in [-0.2, 0) is 0 Å². The minimum atomic E-state index is -1.08. The van der Waals surface area contributed by atoms with Crippen molar-refractivity contribution < 1.29 is 0 Å². The first kappa shape index (κ1) is 4.73. The van der Waals surface area contributed by atoms with E-state index in [1.54, 1.807) is 0 Å². The molecule has 1 heterocycles. The highest BCUT2D eigenvalue weighted by molar-refractivity contribution is 7.81. The maximum absolute atomic E-state index is 5.18. The van der Waals surface area contributed by atoms with Crippen molar-refractivity contribution in [3.05, 3.63) is 0 Å². The molecule has 1 aliphatic heterocycles. The minimum Gasteiger partial charge on any atom is -0.278 e. The number of azo groups is 1. The van der Waals surface area contributed by atoms with E-state index < -0.39 is 5.12 Å². The van der Waals surface area contributed by atoms with Crippen LogP contribution >= 0.6 is 12.6 Å². The van der Waals surface area contributed by atoms with E-state index in [2.05, 4.69) is 27.8 Å². The van der Waals surface area contributed by atoms with Gasteiger partial charge >= 0.3 is 0 Å². The largest absolute Gasteiger partial charge is 0.278 e. The van der Waals surface area contributed by atoms with Gasteiger partial charge in [0, 0.05) is 0 Å². The van der Waals surface area contributed by atoms with Gasteiger partial charge in [-0.1, -0.05) is 0 Å². The van der Waals surface area contributed by atoms with Crippen molar-refractivity contribution >= 4 is 19.0 Å². The third kappa shape index (κ3) is 0.971. The first-order valence-corrected chi connectivity index (χ1v) is 2.12. The number of aliphatic imine (C=N–C) groups is 1. The van der Waals surface area contributed by atoms with Crippen LogP contribution in [0.1, 0.15) is 0 Å². The van der Waals surface area contributed by atoms with E-state index in [1.807, 2.05) is 0 Å². The third-order valence-electron chi connectivity index (χ3n) is 0.504. The van der Waals surface area contributed by atoms with Crippen LogP contribution in [0, 0.1) is 0 Å². The summed E-state index contributed by atoms with van der Waals surface area (Å²) in [7, 11) is 0. The van der Waals surface area contributed by atoms with Gasteiger partial charge in [0.2, 0.25) is 0 Å². The Hall–Kier alpha value is -0.420. The second-order valence-electron chi connectivity index (χ2n) is 1.15. The quantitative estimate of drug-likeness (QED) is 0.339. The summed E-state index contributed by atoms with van der Waals surface area (Å²) in [6, 6.07) is 0. The summed E-state index contributed by atoms with van der Waals surface area (Å²) in [5, 5.41) is 5.70. The van der Waals surface area contributed by atoms with Crippen molar-refractivity contribution in [1.29, 1.82) is 0 Å². The molecule has 0 aliphatic carbocycles. The molecule has 1 atom stereocenters. The second kappa shape index (κ2) is 1.28. The van der Waals surface area contributed by atoms with E-state index in [-0.39, 0.29) is 0 Å². The van der Waals surface area contributed by atoms with Crippen LogP contribution in [0.5, 0.6) is 0 Å². The van der Waals surface area contributed by atoms with Gasteiger partial charge in [-0.25, -0.2) is 4.99 Å². The highest BCUT2D eigenvalue weighted by Crippen LogP contribution is 2.12. The molecular weight excluding hydrogens is 112 g/mol. The molecular formula is C2H4N4S. The minimum absolute atomic E-state index is 1.08. The molecule has 0 saturated carbocycles. The van der Waals surface area contributed by atoms with Crippen LogP contribution in [0.25, 0.3) is 0 Å². The van der Waals surface area contributed by atoms with E-state index in [9.17, 15) is 0 Å². The van der Waals surface area contributed by atoms with Crippen molar-refractivity contribution in [1.82, 2.24) is 0 Å². The Bertz CT molecular complexity index is 112. The van der Waals surface area contributed by atoms with E-state index in [4.69, 9.17) is 5.73 Å². The molecule has 0 saturated heterocycles. The number of nitrogens with two attached hydrogens (primary N) is 1. The molecule has 7 heavy (non-hydrogen) atoms. The van der Waals surface area contributed by atoms with Crippen LogP contribution in [0.15, 0.2) is 15.2 Å². The molecule has 0 radical (unpaired) electrons. The number of nitrogens with zero attached hydrogens (tertiary/aromatic N) is 3. The summed E-state index contributed by atoms with van der Waals surface area (Å²) in [5.41, 5.74) is 5.18. The number of rotatable bonds is 0. The molecule has 0 bridgehead atoms. The highest BCUT2D eigenvalue weighted by atomic mass is 32.1. The predicted molar refractivity (Wildman–Crippen MR) is 29.3 cm³/mol. The fourth-order valence-electron chi connectivity index (χ4n) is 0.247. The van der Waals surface area contributed by atoms with Crippen LogP contribution in [-0.4, -0.2) is 11.5 Å². The lowest BCUT2D eigenvalue weighted by atomic mass is 10.9.